The standard InChI is InChI=1S/C20H34O2/c1-15(2)9-7-11-17(5)13-19(21)20(22)14-18(6)12-8-10-16(3)4/h9-10,13,18,20,22H,7-8,11-12,14H2,1-6H3/b17-13+. The van der Waals surface area contributed by atoms with Gasteiger partial charge >= 0.3 is 0 Å². The average Bonchev–Trinajstić information content (AvgIpc) is 2.37. The third-order valence-electron chi connectivity index (χ3n) is 3.65. The first kappa shape index (κ1) is 20.9. The number of aliphatic hydroxyl groups excluding tert-OH is 1. The zero-order valence-electron chi connectivity index (χ0n) is 15.3. The van der Waals surface area contributed by atoms with Gasteiger partial charge in [0.25, 0.3) is 0 Å². The molecule has 0 fully saturated rings. The zero-order valence-corrected chi connectivity index (χ0v) is 15.3. The molecule has 0 rings (SSSR count). The Labute approximate surface area is 137 Å². The summed E-state index contributed by atoms with van der Waals surface area (Å²) in [6.07, 6.45) is 9.54. The number of hydrogen-bond donors (Lipinski definition) is 1. The van der Waals surface area contributed by atoms with E-state index in [-0.39, 0.29) is 5.78 Å². The van der Waals surface area contributed by atoms with Gasteiger partial charge < -0.3 is 5.11 Å². The van der Waals surface area contributed by atoms with E-state index in [1.165, 1.54) is 11.1 Å². The largest absolute Gasteiger partial charge is 0.385 e. The van der Waals surface area contributed by atoms with Gasteiger partial charge in [-0.2, -0.15) is 0 Å². The maximum absolute atomic E-state index is 12.0. The van der Waals surface area contributed by atoms with Gasteiger partial charge in [-0.05, 0) is 78.7 Å². The predicted molar refractivity (Wildman–Crippen MR) is 95.9 cm³/mol. The fourth-order valence-corrected chi connectivity index (χ4v) is 2.27. The van der Waals surface area contributed by atoms with Crippen LogP contribution >= 0.6 is 0 Å². The Morgan fingerprint density at radius 3 is 2.09 bits per heavy atom. The molecule has 0 saturated heterocycles. The smallest absolute Gasteiger partial charge is 0.184 e. The lowest BCUT2D eigenvalue weighted by molar-refractivity contribution is -0.123. The maximum Gasteiger partial charge on any atom is 0.184 e. The number of carbonyl (C=O) groups is 1. The van der Waals surface area contributed by atoms with Gasteiger partial charge in [0.15, 0.2) is 5.78 Å². The van der Waals surface area contributed by atoms with E-state index in [0.717, 1.165) is 31.3 Å². The second kappa shape index (κ2) is 11.4. The summed E-state index contributed by atoms with van der Waals surface area (Å²) in [6.45, 7) is 12.4. The Morgan fingerprint density at radius 1 is 1.00 bits per heavy atom. The van der Waals surface area contributed by atoms with E-state index < -0.39 is 6.10 Å². The molecule has 0 aliphatic heterocycles. The minimum atomic E-state index is -0.861. The Morgan fingerprint density at radius 2 is 1.55 bits per heavy atom. The van der Waals surface area contributed by atoms with Crippen molar-refractivity contribution in [2.45, 2.75) is 79.8 Å². The summed E-state index contributed by atoms with van der Waals surface area (Å²) in [6, 6.07) is 0. The van der Waals surface area contributed by atoms with Crippen LogP contribution in [0.15, 0.2) is 34.9 Å². The Balaban J connectivity index is 4.24. The van der Waals surface area contributed by atoms with Crippen LogP contribution in [0.5, 0.6) is 0 Å². The van der Waals surface area contributed by atoms with Crippen LogP contribution in [0.25, 0.3) is 0 Å². The average molecular weight is 306 g/mol. The van der Waals surface area contributed by atoms with Crippen LogP contribution in [-0.2, 0) is 4.79 Å². The van der Waals surface area contributed by atoms with Crippen molar-refractivity contribution < 1.29 is 9.90 Å². The SMILES string of the molecule is CC(C)=CCC/C(C)=C/C(=O)C(O)CC(C)CCC=C(C)C. The van der Waals surface area contributed by atoms with E-state index >= 15 is 0 Å². The quantitative estimate of drug-likeness (QED) is 0.434. The molecule has 0 aromatic heterocycles. The molecule has 2 heteroatoms. The Bertz CT molecular complexity index is 419. The summed E-state index contributed by atoms with van der Waals surface area (Å²) in [5.74, 6) is 0.206. The molecular weight excluding hydrogens is 272 g/mol. The highest BCUT2D eigenvalue weighted by Gasteiger charge is 2.16. The normalized spacial score (nSPS) is 14.2. The van der Waals surface area contributed by atoms with Crippen LogP contribution in [-0.4, -0.2) is 17.0 Å². The molecule has 0 spiro atoms. The molecular formula is C20H34O2. The van der Waals surface area contributed by atoms with Crippen molar-refractivity contribution >= 4 is 5.78 Å². The molecule has 0 amide bonds. The van der Waals surface area contributed by atoms with E-state index in [1.807, 2.05) is 6.92 Å². The molecule has 1 N–H and O–H groups in total. The number of allylic oxidation sites excluding steroid dienone is 5. The molecule has 126 valence electrons. The van der Waals surface area contributed by atoms with Crippen LogP contribution in [0.2, 0.25) is 0 Å². The van der Waals surface area contributed by atoms with Gasteiger partial charge in [0.05, 0.1) is 0 Å². The van der Waals surface area contributed by atoms with Gasteiger partial charge in [-0.3, -0.25) is 4.79 Å². The monoisotopic (exact) mass is 306 g/mol. The van der Waals surface area contributed by atoms with Crippen LogP contribution < -0.4 is 0 Å². The molecule has 2 nitrogen and oxygen atoms in total. The summed E-state index contributed by atoms with van der Waals surface area (Å²) >= 11 is 0. The van der Waals surface area contributed by atoms with Gasteiger partial charge in [0.1, 0.15) is 6.10 Å². The Hall–Kier alpha value is -1.15. The highest BCUT2D eigenvalue weighted by atomic mass is 16.3. The third kappa shape index (κ3) is 11.5. The summed E-state index contributed by atoms with van der Waals surface area (Å²) in [7, 11) is 0. The van der Waals surface area contributed by atoms with Crippen molar-refractivity contribution in [1.29, 1.82) is 0 Å². The molecule has 0 bridgehead atoms. The minimum Gasteiger partial charge on any atom is -0.385 e. The van der Waals surface area contributed by atoms with Gasteiger partial charge in [0, 0.05) is 0 Å². The first-order valence-electron chi connectivity index (χ1n) is 8.38. The lowest BCUT2D eigenvalue weighted by atomic mass is 9.95. The van der Waals surface area contributed by atoms with Crippen molar-refractivity contribution in [1.82, 2.24) is 0 Å². The molecule has 0 aromatic rings. The number of hydrogen-bond acceptors (Lipinski definition) is 2. The van der Waals surface area contributed by atoms with E-state index in [9.17, 15) is 9.90 Å². The predicted octanol–water partition coefficient (Wildman–Crippen LogP) is 5.38. The van der Waals surface area contributed by atoms with Crippen LogP contribution in [0.3, 0.4) is 0 Å². The topological polar surface area (TPSA) is 37.3 Å². The number of rotatable bonds is 10. The molecule has 0 heterocycles. The van der Waals surface area contributed by atoms with Crippen molar-refractivity contribution in [2.24, 2.45) is 5.92 Å². The lowest BCUT2D eigenvalue weighted by Crippen LogP contribution is -2.21. The fraction of sp³-hybridized carbons (Fsp3) is 0.650. The van der Waals surface area contributed by atoms with E-state index in [2.05, 4.69) is 46.8 Å². The van der Waals surface area contributed by atoms with Crippen molar-refractivity contribution in [3.63, 3.8) is 0 Å². The summed E-state index contributed by atoms with van der Waals surface area (Å²) in [5.41, 5.74) is 3.65. The van der Waals surface area contributed by atoms with Gasteiger partial charge in [-0.1, -0.05) is 35.8 Å². The first-order chi connectivity index (χ1) is 10.2. The fourth-order valence-electron chi connectivity index (χ4n) is 2.27. The second-order valence-electron chi connectivity index (χ2n) is 6.93. The lowest BCUT2D eigenvalue weighted by Gasteiger charge is -2.14. The molecule has 0 aliphatic rings. The minimum absolute atomic E-state index is 0.149. The van der Waals surface area contributed by atoms with Crippen LogP contribution in [0.4, 0.5) is 0 Å². The summed E-state index contributed by atoms with van der Waals surface area (Å²) in [5, 5.41) is 10.0. The molecule has 22 heavy (non-hydrogen) atoms. The number of carbonyl (C=O) groups excluding carboxylic acids is 1. The highest BCUT2D eigenvalue weighted by Crippen LogP contribution is 2.16. The Kier molecular flexibility index (Phi) is 10.8. The van der Waals surface area contributed by atoms with Gasteiger partial charge in [-0.25, -0.2) is 0 Å². The van der Waals surface area contributed by atoms with Gasteiger partial charge in [-0.15, -0.1) is 0 Å². The molecule has 2 unspecified atom stereocenters. The van der Waals surface area contributed by atoms with Gasteiger partial charge in [0.2, 0.25) is 0 Å². The molecule has 0 saturated carbocycles. The second-order valence-corrected chi connectivity index (χ2v) is 6.93. The van der Waals surface area contributed by atoms with E-state index in [4.69, 9.17) is 0 Å². The van der Waals surface area contributed by atoms with Crippen LogP contribution in [0, 0.1) is 5.92 Å². The van der Waals surface area contributed by atoms with Crippen LogP contribution in [0.1, 0.15) is 73.6 Å². The highest BCUT2D eigenvalue weighted by molar-refractivity contribution is 5.93. The summed E-state index contributed by atoms with van der Waals surface area (Å²) < 4.78 is 0. The zero-order chi connectivity index (χ0) is 17.1. The first-order valence-corrected chi connectivity index (χ1v) is 8.38. The van der Waals surface area contributed by atoms with E-state index in [1.54, 1.807) is 6.08 Å². The van der Waals surface area contributed by atoms with Crippen molar-refractivity contribution in [2.75, 3.05) is 0 Å². The van der Waals surface area contributed by atoms with Crippen molar-refractivity contribution in [3.05, 3.63) is 34.9 Å². The summed E-state index contributed by atoms with van der Waals surface area (Å²) in [4.78, 5) is 12.0. The number of ketones is 1. The molecule has 0 aromatic carbocycles. The van der Waals surface area contributed by atoms with E-state index in [0.29, 0.717) is 12.3 Å². The molecule has 0 aliphatic carbocycles. The maximum atomic E-state index is 12.0. The molecule has 2 atom stereocenters. The van der Waals surface area contributed by atoms with Crippen molar-refractivity contribution in [3.8, 4) is 0 Å². The molecule has 0 radical (unpaired) electrons. The number of aliphatic hydroxyl groups is 1. The third-order valence-corrected chi connectivity index (χ3v) is 3.65.